The monoisotopic (exact) mass is 436 g/mol. The van der Waals surface area contributed by atoms with E-state index in [4.69, 9.17) is 5.21 Å². The van der Waals surface area contributed by atoms with Crippen LogP contribution < -0.4 is 10.8 Å². The van der Waals surface area contributed by atoms with E-state index in [1.165, 1.54) is 67.9 Å². The van der Waals surface area contributed by atoms with Crippen LogP contribution in [0.15, 0.2) is 53.4 Å². The van der Waals surface area contributed by atoms with Crippen LogP contribution in [0.25, 0.3) is 0 Å². The first-order valence-electron chi connectivity index (χ1n) is 8.63. The Balaban J connectivity index is 2.40. The Morgan fingerprint density at radius 3 is 2.17 bits per heavy atom. The molecular formula is C18H20N4O7S. The highest BCUT2D eigenvalue weighted by Gasteiger charge is 2.33. The van der Waals surface area contributed by atoms with E-state index in [0.717, 1.165) is 4.31 Å². The van der Waals surface area contributed by atoms with E-state index in [-0.39, 0.29) is 23.0 Å². The van der Waals surface area contributed by atoms with Gasteiger partial charge in [0, 0.05) is 31.3 Å². The Bertz CT molecular complexity index is 1040. The second-order valence-electron chi connectivity index (χ2n) is 6.33. The van der Waals surface area contributed by atoms with Crippen molar-refractivity contribution in [1.29, 1.82) is 0 Å². The second kappa shape index (κ2) is 9.43. The molecule has 2 rings (SSSR count). The molecule has 1 atom stereocenters. The molecule has 12 heteroatoms. The average Bonchev–Trinajstić information content (AvgIpc) is 2.71. The van der Waals surface area contributed by atoms with Crippen molar-refractivity contribution in [1.82, 2.24) is 9.79 Å². The Morgan fingerprint density at radius 2 is 1.70 bits per heavy atom. The lowest BCUT2D eigenvalue weighted by Crippen LogP contribution is -2.46. The van der Waals surface area contributed by atoms with E-state index < -0.39 is 26.9 Å². The van der Waals surface area contributed by atoms with Gasteiger partial charge in [-0.25, -0.2) is 13.9 Å². The third-order valence-corrected chi connectivity index (χ3v) is 6.12. The number of non-ortho nitro benzene ring substituents is 1. The van der Waals surface area contributed by atoms with Gasteiger partial charge in [0.15, 0.2) is 0 Å². The van der Waals surface area contributed by atoms with Crippen LogP contribution in [0.1, 0.15) is 19.4 Å². The molecule has 0 heterocycles. The fraction of sp³-hybridized carbons (Fsp3) is 0.222. The number of nitrogens with zero attached hydrogens (tertiary/aromatic N) is 2. The van der Waals surface area contributed by atoms with Gasteiger partial charge in [0.25, 0.3) is 11.6 Å². The van der Waals surface area contributed by atoms with Crippen molar-refractivity contribution in [3.05, 3.63) is 64.2 Å². The number of carbonyl (C=O) groups is 2. The van der Waals surface area contributed by atoms with E-state index in [1.807, 2.05) is 0 Å². The van der Waals surface area contributed by atoms with Crippen LogP contribution in [0.3, 0.4) is 0 Å². The Morgan fingerprint density at radius 1 is 1.13 bits per heavy atom. The summed E-state index contributed by atoms with van der Waals surface area (Å²) in [6.07, 6.45) is 0. The highest BCUT2D eigenvalue weighted by molar-refractivity contribution is 7.89. The fourth-order valence-electron chi connectivity index (χ4n) is 2.61. The lowest BCUT2D eigenvalue weighted by Gasteiger charge is -2.27. The average molecular weight is 436 g/mol. The van der Waals surface area contributed by atoms with Crippen LogP contribution in [0.4, 0.5) is 11.4 Å². The maximum absolute atomic E-state index is 13.2. The van der Waals surface area contributed by atoms with Gasteiger partial charge >= 0.3 is 0 Å². The first-order valence-corrected chi connectivity index (χ1v) is 10.1. The Hall–Kier alpha value is -3.35. The summed E-state index contributed by atoms with van der Waals surface area (Å²) in [6.45, 7) is 2.33. The number of amides is 2. The zero-order valence-electron chi connectivity index (χ0n) is 16.1. The number of hydroxylamine groups is 1. The van der Waals surface area contributed by atoms with E-state index >= 15 is 0 Å². The molecule has 0 saturated carbocycles. The molecule has 2 amide bonds. The molecule has 0 fully saturated rings. The zero-order valence-corrected chi connectivity index (χ0v) is 16.9. The third kappa shape index (κ3) is 5.37. The maximum atomic E-state index is 13.2. The zero-order chi connectivity index (χ0) is 22.5. The second-order valence-corrected chi connectivity index (χ2v) is 8.22. The van der Waals surface area contributed by atoms with Crippen molar-refractivity contribution in [3.63, 3.8) is 0 Å². The van der Waals surface area contributed by atoms with Crippen molar-refractivity contribution in [3.8, 4) is 0 Å². The Kier molecular flexibility index (Phi) is 7.21. The first-order chi connectivity index (χ1) is 14.1. The number of rotatable bonds is 8. The first kappa shape index (κ1) is 22.9. The lowest BCUT2D eigenvalue weighted by atomic mass is 10.2. The summed E-state index contributed by atoms with van der Waals surface area (Å²) in [7, 11) is -4.21. The normalized spacial score (nSPS) is 12.3. The topological polar surface area (TPSA) is 159 Å². The summed E-state index contributed by atoms with van der Waals surface area (Å²) in [4.78, 5) is 33.1. The number of nitro benzene ring substituents is 1. The quantitative estimate of drug-likeness (QED) is 0.322. The molecule has 0 aliphatic carbocycles. The summed E-state index contributed by atoms with van der Waals surface area (Å²) < 4.78 is 27.2. The standard InChI is InChI=1S/C18H20N4O7S/c1-12(18(24)20-25)21(11-14-3-7-16(8-4-14)22(26)27)30(28,29)17-9-5-15(6-10-17)19-13(2)23/h3-10,12,25H,11H2,1-2H3,(H,19,23)(H,20,24). The van der Waals surface area contributed by atoms with Crippen molar-refractivity contribution >= 4 is 33.2 Å². The number of sulfonamides is 1. The fourth-order valence-corrected chi connectivity index (χ4v) is 4.19. The number of nitrogens with one attached hydrogen (secondary N) is 2. The minimum atomic E-state index is -4.21. The van der Waals surface area contributed by atoms with Gasteiger partial charge in [0.05, 0.1) is 9.82 Å². The summed E-state index contributed by atoms with van der Waals surface area (Å²) >= 11 is 0. The summed E-state index contributed by atoms with van der Waals surface area (Å²) in [6, 6.07) is 9.25. The number of anilines is 1. The molecular weight excluding hydrogens is 416 g/mol. The number of hydrogen-bond acceptors (Lipinski definition) is 7. The molecule has 2 aromatic carbocycles. The molecule has 0 aromatic heterocycles. The number of nitro groups is 1. The predicted octanol–water partition coefficient (Wildman–Crippen LogP) is 1.64. The van der Waals surface area contributed by atoms with Crippen molar-refractivity contribution in [2.75, 3.05) is 5.32 Å². The number of hydrogen-bond donors (Lipinski definition) is 3. The van der Waals surface area contributed by atoms with Crippen molar-refractivity contribution in [2.24, 2.45) is 0 Å². The van der Waals surface area contributed by atoms with Crippen LogP contribution in [-0.2, 0) is 26.2 Å². The molecule has 0 aliphatic heterocycles. The van der Waals surface area contributed by atoms with Gasteiger partial charge in [-0.1, -0.05) is 12.1 Å². The van der Waals surface area contributed by atoms with Gasteiger partial charge in [-0.15, -0.1) is 0 Å². The summed E-state index contributed by atoms with van der Waals surface area (Å²) in [5.41, 5.74) is 2.06. The van der Waals surface area contributed by atoms with Gasteiger partial charge in [0.2, 0.25) is 15.9 Å². The lowest BCUT2D eigenvalue weighted by molar-refractivity contribution is -0.384. The van der Waals surface area contributed by atoms with Crippen LogP contribution in [0.5, 0.6) is 0 Å². The SMILES string of the molecule is CC(=O)Nc1ccc(S(=O)(=O)N(Cc2ccc([N+](=O)[O-])cc2)C(C)C(=O)NO)cc1. The van der Waals surface area contributed by atoms with Crippen LogP contribution in [-0.4, -0.2) is 40.7 Å². The highest BCUT2D eigenvalue weighted by atomic mass is 32.2. The minimum Gasteiger partial charge on any atom is -0.326 e. The van der Waals surface area contributed by atoms with Gasteiger partial charge < -0.3 is 5.32 Å². The minimum absolute atomic E-state index is 0.142. The van der Waals surface area contributed by atoms with E-state index in [0.29, 0.717) is 11.3 Å². The van der Waals surface area contributed by atoms with Crippen molar-refractivity contribution in [2.45, 2.75) is 31.3 Å². The largest absolute Gasteiger partial charge is 0.326 e. The van der Waals surface area contributed by atoms with E-state index in [9.17, 15) is 28.1 Å². The molecule has 0 aliphatic rings. The molecule has 2 aromatic rings. The van der Waals surface area contributed by atoms with E-state index in [1.54, 1.807) is 0 Å². The summed E-state index contributed by atoms with van der Waals surface area (Å²) in [5.74, 6) is -1.27. The van der Waals surface area contributed by atoms with Gasteiger partial charge in [-0.05, 0) is 36.8 Å². The smallest absolute Gasteiger partial charge is 0.269 e. The summed E-state index contributed by atoms with van der Waals surface area (Å²) in [5, 5.41) is 22.3. The van der Waals surface area contributed by atoms with Crippen LogP contribution in [0, 0.1) is 10.1 Å². The molecule has 0 spiro atoms. The molecule has 0 radical (unpaired) electrons. The molecule has 1 unspecified atom stereocenters. The molecule has 0 saturated heterocycles. The van der Waals surface area contributed by atoms with Crippen molar-refractivity contribution < 1.29 is 28.1 Å². The molecule has 11 nitrogen and oxygen atoms in total. The number of benzene rings is 2. The molecule has 0 bridgehead atoms. The maximum Gasteiger partial charge on any atom is 0.269 e. The predicted molar refractivity (Wildman–Crippen MR) is 106 cm³/mol. The van der Waals surface area contributed by atoms with Crippen LogP contribution in [0.2, 0.25) is 0 Å². The molecule has 30 heavy (non-hydrogen) atoms. The molecule has 160 valence electrons. The van der Waals surface area contributed by atoms with Gasteiger partial charge in [0.1, 0.15) is 6.04 Å². The highest BCUT2D eigenvalue weighted by Crippen LogP contribution is 2.24. The number of carbonyl (C=O) groups excluding carboxylic acids is 2. The third-order valence-electron chi connectivity index (χ3n) is 4.19. The van der Waals surface area contributed by atoms with E-state index in [2.05, 4.69) is 5.32 Å². The van der Waals surface area contributed by atoms with Gasteiger partial charge in [-0.2, -0.15) is 4.31 Å². The van der Waals surface area contributed by atoms with Gasteiger partial charge in [-0.3, -0.25) is 24.9 Å². The Labute approximate surface area is 172 Å². The van der Waals surface area contributed by atoms with Crippen LogP contribution >= 0.6 is 0 Å². The molecule has 3 N–H and O–H groups in total.